The molecule has 0 atom stereocenters. The van der Waals surface area contributed by atoms with Crippen LogP contribution >= 0.6 is 27.7 Å². The number of rotatable bonds is 2. The summed E-state index contributed by atoms with van der Waals surface area (Å²) >= 11 is 5.21. The van der Waals surface area contributed by atoms with E-state index in [-0.39, 0.29) is 0 Å². The molecule has 0 bridgehead atoms. The van der Waals surface area contributed by atoms with Crippen LogP contribution in [0, 0.1) is 0 Å². The van der Waals surface area contributed by atoms with Crippen molar-refractivity contribution in [3.63, 3.8) is 0 Å². The fourth-order valence-corrected chi connectivity index (χ4v) is 2.82. The highest BCUT2D eigenvalue weighted by Crippen LogP contribution is 2.29. The third kappa shape index (κ3) is 4.11. The van der Waals surface area contributed by atoms with E-state index in [0.717, 1.165) is 20.2 Å². The summed E-state index contributed by atoms with van der Waals surface area (Å²) in [5.41, 5.74) is 0.964. The van der Waals surface area contributed by atoms with Gasteiger partial charge in [-0.05, 0) is 40.2 Å². The molecule has 4 heteroatoms. The zero-order valence-corrected chi connectivity index (χ0v) is 13.3. The molecule has 0 aliphatic heterocycles. The van der Waals surface area contributed by atoms with Gasteiger partial charge in [-0.25, -0.2) is 4.99 Å². The number of nitrogens with zero attached hydrogens (tertiary/aromatic N) is 2. The minimum atomic E-state index is 0.957. The third-order valence-electron chi connectivity index (χ3n) is 2.40. The highest BCUT2D eigenvalue weighted by Gasteiger charge is 2.08. The summed E-state index contributed by atoms with van der Waals surface area (Å²) in [7, 11) is 4.01. The second-order valence-electron chi connectivity index (χ2n) is 4.16. The largest absolute Gasteiger partial charge is 0.357 e. The minimum Gasteiger partial charge on any atom is -0.357 e. The quantitative estimate of drug-likeness (QED) is 0.445. The fraction of sp³-hybridized carbons (Fsp3) is 0.133. The minimum absolute atomic E-state index is 0.957. The number of aliphatic imine (C=N–C) groups is 1. The summed E-state index contributed by atoms with van der Waals surface area (Å²) in [6.45, 7) is 0. The van der Waals surface area contributed by atoms with Crippen LogP contribution in [0.2, 0.25) is 0 Å². The van der Waals surface area contributed by atoms with E-state index in [0.29, 0.717) is 0 Å². The molecule has 98 valence electrons. The zero-order valence-electron chi connectivity index (χ0n) is 10.9. The van der Waals surface area contributed by atoms with Crippen LogP contribution in [0.1, 0.15) is 0 Å². The van der Waals surface area contributed by atoms with E-state index in [4.69, 9.17) is 0 Å². The third-order valence-corrected chi connectivity index (χ3v) is 4.57. The summed E-state index contributed by atoms with van der Waals surface area (Å²) in [6, 6.07) is 18.2. The molecule has 0 unspecified atom stereocenters. The Morgan fingerprint density at radius 3 is 2.26 bits per heavy atom. The Balaban J connectivity index is 2.27. The molecule has 0 N–H and O–H groups in total. The van der Waals surface area contributed by atoms with Crippen LogP contribution in [0.15, 0.2) is 69.0 Å². The van der Waals surface area contributed by atoms with Crippen LogP contribution in [0.4, 0.5) is 5.69 Å². The maximum atomic E-state index is 4.68. The molecular weight excluding hydrogens is 320 g/mol. The van der Waals surface area contributed by atoms with Gasteiger partial charge in [-0.15, -0.1) is 0 Å². The average Bonchev–Trinajstić information content (AvgIpc) is 2.41. The van der Waals surface area contributed by atoms with Gasteiger partial charge < -0.3 is 4.90 Å². The van der Waals surface area contributed by atoms with E-state index in [9.17, 15) is 0 Å². The summed E-state index contributed by atoms with van der Waals surface area (Å²) < 4.78 is 1.09. The van der Waals surface area contributed by atoms with Gasteiger partial charge in [-0.3, -0.25) is 0 Å². The summed E-state index contributed by atoms with van der Waals surface area (Å²) in [4.78, 5) is 7.86. The van der Waals surface area contributed by atoms with Gasteiger partial charge in [0.25, 0.3) is 0 Å². The second kappa shape index (κ2) is 6.78. The van der Waals surface area contributed by atoms with Crippen molar-refractivity contribution < 1.29 is 0 Å². The molecular formula is C15H15BrN2S. The van der Waals surface area contributed by atoms with E-state index in [1.54, 1.807) is 11.8 Å². The van der Waals surface area contributed by atoms with E-state index in [1.165, 1.54) is 0 Å². The molecule has 0 spiro atoms. The SMILES string of the molecule is CN(C)C(=Nc1ccccc1)Sc1ccccc1Br. The van der Waals surface area contributed by atoms with Crippen LogP contribution in [-0.2, 0) is 0 Å². The molecule has 0 saturated heterocycles. The van der Waals surface area contributed by atoms with Gasteiger partial charge in [-0.2, -0.15) is 0 Å². The van der Waals surface area contributed by atoms with Crippen molar-refractivity contribution in [2.75, 3.05) is 14.1 Å². The summed E-state index contributed by atoms with van der Waals surface area (Å²) in [5, 5.41) is 0.957. The summed E-state index contributed by atoms with van der Waals surface area (Å²) in [5.74, 6) is 0. The number of para-hydroxylation sites is 1. The first-order valence-electron chi connectivity index (χ1n) is 5.90. The lowest BCUT2D eigenvalue weighted by Crippen LogP contribution is -2.18. The highest BCUT2D eigenvalue weighted by atomic mass is 79.9. The Morgan fingerprint density at radius 1 is 1.00 bits per heavy atom. The number of thioether (sulfide) groups is 1. The first kappa shape index (κ1) is 14.2. The van der Waals surface area contributed by atoms with Crippen molar-refractivity contribution in [2.45, 2.75) is 4.90 Å². The first-order valence-corrected chi connectivity index (χ1v) is 7.51. The number of benzene rings is 2. The van der Waals surface area contributed by atoms with Crippen molar-refractivity contribution >= 4 is 38.5 Å². The molecule has 2 rings (SSSR count). The van der Waals surface area contributed by atoms with Gasteiger partial charge in [-0.1, -0.05) is 42.1 Å². The summed E-state index contributed by atoms with van der Waals surface area (Å²) in [6.07, 6.45) is 0. The Kier molecular flexibility index (Phi) is 5.05. The standard InChI is InChI=1S/C15H15BrN2S/c1-18(2)15(17-12-8-4-3-5-9-12)19-14-11-7-6-10-13(14)16/h3-11H,1-2H3. The molecule has 0 radical (unpaired) electrons. The number of hydrogen-bond acceptors (Lipinski definition) is 2. The van der Waals surface area contributed by atoms with Crippen LogP contribution in [0.3, 0.4) is 0 Å². The lowest BCUT2D eigenvalue weighted by atomic mass is 10.3. The number of halogens is 1. The topological polar surface area (TPSA) is 15.6 Å². The average molecular weight is 335 g/mol. The molecule has 0 aliphatic rings. The van der Waals surface area contributed by atoms with Crippen LogP contribution in [0.5, 0.6) is 0 Å². The van der Waals surface area contributed by atoms with Crippen molar-refractivity contribution in [3.05, 3.63) is 59.1 Å². The van der Waals surface area contributed by atoms with Crippen LogP contribution in [0.25, 0.3) is 0 Å². The second-order valence-corrected chi connectivity index (χ2v) is 6.02. The van der Waals surface area contributed by atoms with E-state index >= 15 is 0 Å². The smallest absolute Gasteiger partial charge is 0.168 e. The Hall–Kier alpha value is -1.26. The van der Waals surface area contributed by atoms with Gasteiger partial charge in [0.05, 0.1) is 5.69 Å². The predicted molar refractivity (Wildman–Crippen MR) is 87.2 cm³/mol. The predicted octanol–water partition coefficient (Wildman–Crippen LogP) is 4.79. The molecule has 2 aromatic carbocycles. The maximum Gasteiger partial charge on any atom is 0.168 e. The lowest BCUT2D eigenvalue weighted by molar-refractivity contribution is 0.636. The van der Waals surface area contributed by atoms with Gasteiger partial charge in [0.15, 0.2) is 5.17 Å². The van der Waals surface area contributed by atoms with E-state index in [2.05, 4.69) is 27.0 Å². The maximum absolute atomic E-state index is 4.68. The first-order chi connectivity index (χ1) is 9.16. The molecule has 0 saturated carbocycles. The molecule has 0 aliphatic carbocycles. The molecule has 0 fully saturated rings. The number of amidine groups is 1. The monoisotopic (exact) mass is 334 g/mol. The molecule has 0 amide bonds. The van der Waals surface area contributed by atoms with Crippen molar-refractivity contribution in [1.29, 1.82) is 0 Å². The molecule has 19 heavy (non-hydrogen) atoms. The lowest BCUT2D eigenvalue weighted by Gasteiger charge is -2.15. The molecule has 2 aromatic rings. The van der Waals surface area contributed by atoms with Gasteiger partial charge >= 0.3 is 0 Å². The normalized spacial score (nSPS) is 11.4. The Labute approximate surface area is 126 Å². The van der Waals surface area contributed by atoms with Gasteiger partial charge in [0.1, 0.15) is 0 Å². The van der Waals surface area contributed by atoms with Crippen molar-refractivity contribution in [2.24, 2.45) is 4.99 Å². The van der Waals surface area contributed by atoms with Gasteiger partial charge in [0.2, 0.25) is 0 Å². The Bertz CT molecular complexity index is 567. The van der Waals surface area contributed by atoms with E-state index < -0.39 is 0 Å². The van der Waals surface area contributed by atoms with Crippen molar-refractivity contribution in [3.8, 4) is 0 Å². The van der Waals surface area contributed by atoms with E-state index in [1.807, 2.05) is 67.5 Å². The highest BCUT2D eigenvalue weighted by molar-refractivity contribution is 9.10. The van der Waals surface area contributed by atoms with Crippen molar-refractivity contribution in [1.82, 2.24) is 4.90 Å². The fourth-order valence-electron chi connectivity index (χ4n) is 1.45. The van der Waals surface area contributed by atoms with Crippen LogP contribution in [-0.4, -0.2) is 24.2 Å². The molecule has 0 aromatic heterocycles. The zero-order chi connectivity index (χ0) is 13.7. The van der Waals surface area contributed by atoms with Gasteiger partial charge in [0, 0.05) is 23.5 Å². The number of hydrogen-bond donors (Lipinski definition) is 0. The molecule has 0 heterocycles. The Morgan fingerprint density at radius 2 is 1.63 bits per heavy atom. The van der Waals surface area contributed by atoms with Crippen LogP contribution < -0.4 is 0 Å². The molecule has 2 nitrogen and oxygen atoms in total.